The smallest absolute Gasteiger partial charge is 0.395 e. The molecule has 0 aliphatic heterocycles. The zero-order valence-corrected chi connectivity index (χ0v) is 11.3. The summed E-state index contributed by atoms with van der Waals surface area (Å²) in [6.07, 6.45) is -2.76. The normalized spacial score (nSPS) is 11.7. The minimum atomic E-state index is -4.46. The number of alkyl halides is 3. The first kappa shape index (κ1) is 16.0. The second-order valence-corrected chi connectivity index (χ2v) is 4.49. The summed E-state index contributed by atoms with van der Waals surface area (Å²) in [4.78, 5) is 5.50. The highest BCUT2D eigenvalue weighted by atomic mass is 35.5. The van der Waals surface area contributed by atoms with Crippen LogP contribution in [-0.2, 0) is 6.18 Å². The number of aliphatic hydroxyl groups is 1. The third kappa shape index (κ3) is 4.87. The topological polar surface area (TPSA) is 36.4 Å². The summed E-state index contributed by atoms with van der Waals surface area (Å²) < 4.78 is 38.1. The molecule has 0 aromatic carbocycles. The molecule has 1 heterocycles. The molecule has 0 aliphatic rings. The molecule has 0 aliphatic carbocycles. The van der Waals surface area contributed by atoms with E-state index in [1.807, 2.05) is 6.92 Å². The molecule has 0 bridgehead atoms. The van der Waals surface area contributed by atoms with Crippen LogP contribution >= 0.6 is 11.6 Å². The number of hydrogen-bond acceptors (Lipinski definition) is 3. The average molecular weight is 297 g/mol. The fourth-order valence-corrected chi connectivity index (χ4v) is 1.82. The third-order valence-electron chi connectivity index (χ3n) is 2.58. The van der Waals surface area contributed by atoms with E-state index in [-0.39, 0.29) is 24.1 Å². The summed E-state index contributed by atoms with van der Waals surface area (Å²) in [5.41, 5.74) is -0.832. The maximum atomic E-state index is 12.7. The van der Waals surface area contributed by atoms with Crippen LogP contribution < -0.4 is 4.90 Å². The number of anilines is 1. The number of aromatic nitrogens is 1. The zero-order chi connectivity index (χ0) is 14.5. The highest BCUT2D eigenvalue weighted by Crippen LogP contribution is 2.32. The Bertz CT molecular complexity index is 412. The van der Waals surface area contributed by atoms with Gasteiger partial charge in [-0.05, 0) is 18.6 Å². The van der Waals surface area contributed by atoms with Crippen LogP contribution in [-0.4, -0.2) is 29.8 Å². The second kappa shape index (κ2) is 6.96. The molecule has 0 saturated carbocycles. The van der Waals surface area contributed by atoms with Crippen molar-refractivity contribution >= 4 is 17.4 Å². The summed E-state index contributed by atoms with van der Waals surface area (Å²) in [6, 6.07) is 1.75. The Morgan fingerprint density at radius 2 is 2.00 bits per heavy atom. The molecule has 1 N–H and O–H groups in total. The minimum Gasteiger partial charge on any atom is -0.395 e. The van der Waals surface area contributed by atoms with E-state index in [2.05, 4.69) is 4.98 Å². The molecule has 0 fully saturated rings. The van der Waals surface area contributed by atoms with E-state index < -0.39 is 11.7 Å². The van der Waals surface area contributed by atoms with E-state index in [1.54, 1.807) is 4.90 Å². The SMILES string of the molecule is CCCCN(CCO)c1cc(C(F)(F)F)cc(Cl)n1. The standard InChI is InChI=1S/C12H16ClF3N2O/c1-2-3-4-18(5-6-19)11-8-9(12(14,15)16)7-10(13)17-11/h7-8,19H,2-6H2,1H3. The monoisotopic (exact) mass is 296 g/mol. The van der Waals surface area contributed by atoms with Gasteiger partial charge in [0.1, 0.15) is 11.0 Å². The molecule has 0 spiro atoms. The molecular weight excluding hydrogens is 281 g/mol. The molecule has 0 atom stereocenters. The van der Waals surface area contributed by atoms with Crippen LogP contribution in [0.5, 0.6) is 0 Å². The van der Waals surface area contributed by atoms with Crippen molar-refractivity contribution in [3.8, 4) is 0 Å². The molecule has 0 saturated heterocycles. The van der Waals surface area contributed by atoms with Crippen LogP contribution in [0.25, 0.3) is 0 Å². The van der Waals surface area contributed by atoms with E-state index in [1.165, 1.54) is 0 Å². The fraction of sp³-hybridized carbons (Fsp3) is 0.583. The Kier molecular flexibility index (Phi) is 5.87. The highest BCUT2D eigenvalue weighted by Gasteiger charge is 2.32. The maximum Gasteiger partial charge on any atom is 0.416 e. The lowest BCUT2D eigenvalue weighted by Gasteiger charge is -2.23. The Balaban J connectivity index is 3.05. The quantitative estimate of drug-likeness (QED) is 0.818. The molecule has 0 unspecified atom stereocenters. The first-order valence-electron chi connectivity index (χ1n) is 5.99. The molecule has 108 valence electrons. The lowest BCUT2D eigenvalue weighted by atomic mass is 10.2. The number of pyridine rings is 1. The Morgan fingerprint density at radius 3 is 2.53 bits per heavy atom. The van der Waals surface area contributed by atoms with Crippen LogP contribution in [0, 0.1) is 0 Å². The van der Waals surface area contributed by atoms with Crippen LogP contribution in [0.3, 0.4) is 0 Å². The largest absolute Gasteiger partial charge is 0.416 e. The molecule has 19 heavy (non-hydrogen) atoms. The van der Waals surface area contributed by atoms with Gasteiger partial charge in [-0.2, -0.15) is 13.2 Å². The van der Waals surface area contributed by atoms with Crippen molar-refractivity contribution in [3.63, 3.8) is 0 Å². The first-order valence-corrected chi connectivity index (χ1v) is 6.37. The van der Waals surface area contributed by atoms with E-state index in [0.29, 0.717) is 6.54 Å². The highest BCUT2D eigenvalue weighted by molar-refractivity contribution is 6.29. The first-order chi connectivity index (χ1) is 8.88. The number of aliphatic hydroxyl groups excluding tert-OH is 1. The number of hydrogen-bond donors (Lipinski definition) is 1. The van der Waals surface area contributed by atoms with Gasteiger partial charge in [0.05, 0.1) is 12.2 Å². The summed E-state index contributed by atoms with van der Waals surface area (Å²) in [5, 5.41) is 8.77. The van der Waals surface area contributed by atoms with Gasteiger partial charge in [-0.25, -0.2) is 4.98 Å². The lowest BCUT2D eigenvalue weighted by Crippen LogP contribution is -2.29. The van der Waals surface area contributed by atoms with Crippen molar-refractivity contribution in [2.24, 2.45) is 0 Å². The van der Waals surface area contributed by atoms with Crippen molar-refractivity contribution in [1.29, 1.82) is 0 Å². The van der Waals surface area contributed by atoms with Crippen molar-refractivity contribution < 1.29 is 18.3 Å². The number of halogens is 4. The summed E-state index contributed by atoms with van der Waals surface area (Å²) in [5.74, 6) is 0.141. The molecule has 7 heteroatoms. The fourth-order valence-electron chi connectivity index (χ4n) is 1.62. The zero-order valence-electron chi connectivity index (χ0n) is 10.5. The third-order valence-corrected chi connectivity index (χ3v) is 2.78. The van der Waals surface area contributed by atoms with Crippen molar-refractivity contribution in [2.75, 3.05) is 24.6 Å². The van der Waals surface area contributed by atoms with Gasteiger partial charge >= 0.3 is 6.18 Å². The maximum absolute atomic E-state index is 12.7. The van der Waals surface area contributed by atoms with E-state index >= 15 is 0 Å². The van der Waals surface area contributed by atoms with Gasteiger partial charge in [0.15, 0.2) is 0 Å². The van der Waals surface area contributed by atoms with Crippen LogP contribution in [0.15, 0.2) is 12.1 Å². The van der Waals surface area contributed by atoms with Gasteiger partial charge < -0.3 is 10.0 Å². The van der Waals surface area contributed by atoms with Crippen LogP contribution in [0.1, 0.15) is 25.3 Å². The van der Waals surface area contributed by atoms with E-state index in [4.69, 9.17) is 16.7 Å². The predicted octanol–water partition coefficient (Wildman–Crippen LogP) is 3.35. The van der Waals surface area contributed by atoms with Crippen LogP contribution in [0.4, 0.5) is 19.0 Å². The van der Waals surface area contributed by atoms with E-state index in [0.717, 1.165) is 25.0 Å². The van der Waals surface area contributed by atoms with Gasteiger partial charge in [-0.1, -0.05) is 24.9 Å². The Labute approximate surface area is 115 Å². The molecular formula is C12H16ClF3N2O. The lowest BCUT2D eigenvalue weighted by molar-refractivity contribution is -0.137. The van der Waals surface area contributed by atoms with Gasteiger partial charge in [0.25, 0.3) is 0 Å². The van der Waals surface area contributed by atoms with Gasteiger partial charge in [0, 0.05) is 13.1 Å². The van der Waals surface area contributed by atoms with Crippen LogP contribution in [0.2, 0.25) is 5.15 Å². The predicted molar refractivity (Wildman–Crippen MR) is 68.5 cm³/mol. The molecule has 0 amide bonds. The van der Waals surface area contributed by atoms with Gasteiger partial charge in [-0.15, -0.1) is 0 Å². The summed E-state index contributed by atoms with van der Waals surface area (Å²) >= 11 is 5.63. The molecule has 1 rings (SSSR count). The number of rotatable bonds is 6. The van der Waals surface area contributed by atoms with Crippen molar-refractivity contribution in [3.05, 3.63) is 22.8 Å². The molecule has 3 nitrogen and oxygen atoms in total. The Morgan fingerprint density at radius 1 is 1.32 bits per heavy atom. The average Bonchev–Trinajstić information content (AvgIpc) is 2.32. The molecule has 0 radical (unpaired) electrons. The van der Waals surface area contributed by atoms with Crippen molar-refractivity contribution in [1.82, 2.24) is 4.98 Å². The number of nitrogens with zero attached hydrogens (tertiary/aromatic N) is 2. The number of unbranched alkanes of at least 4 members (excludes halogenated alkanes) is 1. The van der Waals surface area contributed by atoms with Gasteiger partial charge in [0.2, 0.25) is 0 Å². The summed E-state index contributed by atoms with van der Waals surface area (Å²) in [6.45, 7) is 2.58. The molecule has 1 aromatic heterocycles. The van der Waals surface area contributed by atoms with Crippen molar-refractivity contribution in [2.45, 2.75) is 25.9 Å². The van der Waals surface area contributed by atoms with E-state index in [9.17, 15) is 13.2 Å². The minimum absolute atomic E-state index is 0.141. The van der Waals surface area contributed by atoms with Gasteiger partial charge in [-0.3, -0.25) is 0 Å². The molecule has 1 aromatic rings. The summed E-state index contributed by atoms with van der Waals surface area (Å²) in [7, 11) is 0. The Hall–Kier alpha value is -1.01. The second-order valence-electron chi connectivity index (χ2n) is 4.10.